The van der Waals surface area contributed by atoms with E-state index in [9.17, 15) is 9.59 Å². The van der Waals surface area contributed by atoms with E-state index in [-0.39, 0.29) is 24.9 Å². The van der Waals surface area contributed by atoms with Crippen molar-refractivity contribution in [2.45, 2.75) is 31.5 Å². The smallest absolute Gasteiger partial charge is 0.335 e. The van der Waals surface area contributed by atoms with Crippen molar-refractivity contribution in [3.63, 3.8) is 0 Å². The number of nitrogens with two attached hydrogens (primary N) is 1. The number of esters is 2. The Balaban J connectivity index is 2.83. The highest BCUT2D eigenvalue weighted by Gasteiger charge is 2.43. The van der Waals surface area contributed by atoms with Gasteiger partial charge >= 0.3 is 11.9 Å². The van der Waals surface area contributed by atoms with Crippen LogP contribution in [0.5, 0.6) is 0 Å². The molecular weight excluding hydrogens is 226 g/mol. The molecule has 3 atom stereocenters. The lowest BCUT2D eigenvalue weighted by Crippen LogP contribution is -2.51. The standard InChI is InChI=1S/C11H19NO5/c1-11(6-12)5-7(9(13)15-2)4-8(17-11)10(14)16-3/h7-8H,4-6,12H2,1-3H3. The first-order chi connectivity index (χ1) is 7.95. The minimum Gasteiger partial charge on any atom is -0.469 e. The van der Waals surface area contributed by atoms with E-state index < -0.39 is 17.7 Å². The normalized spacial score (nSPS) is 32.9. The van der Waals surface area contributed by atoms with Crippen molar-refractivity contribution < 1.29 is 23.8 Å². The second-order valence-electron chi connectivity index (χ2n) is 4.44. The summed E-state index contributed by atoms with van der Waals surface area (Å²) in [6.45, 7) is 2.01. The molecule has 0 aromatic carbocycles. The number of carbonyl (C=O) groups is 2. The number of carbonyl (C=O) groups excluding carboxylic acids is 2. The van der Waals surface area contributed by atoms with Crippen LogP contribution < -0.4 is 5.73 Å². The maximum Gasteiger partial charge on any atom is 0.335 e. The predicted molar refractivity (Wildman–Crippen MR) is 59.1 cm³/mol. The van der Waals surface area contributed by atoms with Gasteiger partial charge in [-0.3, -0.25) is 4.79 Å². The lowest BCUT2D eigenvalue weighted by Gasteiger charge is -2.39. The van der Waals surface area contributed by atoms with Crippen molar-refractivity contribution in [1.82, 2.24) is 0 Å². The summed E-state index contributed by atoms with van der Waals surface area (Å²) in [5, 5.41) is 0. The summed E-state index contributed by atoms with van der Waals surface area (Å²) < 4.78 is 14.9. The largest absolute Gasteiger partial charge is 0.469 e. The lowest BCUT2D eigenvalue weighted by atomic mass is 9.84. The molecule has 2 N–H and O–H groups in total. The molecule has 0 bridgehead atoms. The molecule has 1 aliphatic rings. The van der Waals surface area contributed by atoms with E-state index in [1.54, 1.807) is 6.92 Å². The fourth-order valence-corrected chi connectivity index (χ4v) is 2.06. The molecule has 17 heavy (non-hydrogen) atoms. The Labute approximate surface area is 100 Å². The molecule has 98 valence electrons. The molecule has 1 heterocycles. The topological polar surface area (TPSA) is 87.9 Å². The molecule has 0 saturated carbocycles. The highest BCUT2D eigenvalue weighted by atomic mass is 16.6. The molecule has 0 radical (unpaired) electrons. The zero-order chi connectivity index (χ0) is 13.1. The Morgan fingerprint density at radius 3 is 2.41 bits per heavy atom. The van der Waals surface area contributed by atoms with Gasteiger partial charge in [-0.2, -0.15) is 0 Å². The molecule has 1 fully saturated rings. The van der Waals surface area contributed by atoms with Crippen molar-refractivity contribution in [1.29, 1.82) is 0 Å². The van der Waals surface area contributed by atoms with Crippen LogP contribution in [-0.4, -0.2) is 44.4 Å². The van der Waals surface area contributed by atoms with E-state index in [4.69, 9.17) is 15.2 Å². The van der Waals surface area contributed by atoms with E-state index in [1.165, 1.54) is 14.2 Å². The molecule has 3 unspecified atom stereocenters. The lowest BCUT2D eigenvalue weighted by molar-refractivity contribution is -0.185. The maximum absolute atomic E-state index is 11.6. The number of rotatable bonds is 3. The van der Waals surface area contributed by atoms with Crippen LogP contribution in [-0.2, 0) is 23.8 Å². The third-order valence-corrected chi connectivity index (χ3v) is 3.03. The van der Waals surface area contributed by atoms with E-state index in [2.05, 4.69) is 4.74 Å². The van der Waals surface area contributed by atoms with Gasteiger partial charge in [-0.1, -0.05) is 0 Å². The van der Waals surface area contributed by atoms with Crippen LogP contribution in [0, 0.1) is 5.92 Å². The van der Waals surface area contributed by atoms with Crippen molar-refractivity contribution in [3.8, 4) is 0 Å². The van der Waals surface area contributed by atoms with Gasteiger partial charge in [-0.25, -0.2) is 4.79 Å². The van der Waals surface area contributed by atoms with E-state index >= 15 is 0 Å². The van der Waals surface area contributed by atoms with Gasteiger partial charge in [0.05, 0.1) is 25.7 Å². The summed E-state index contributed by atoms with van der Waals surface area (Å²) >= 11 is 0. The molecule has 6 nitrogen and oxygen atoms in total. The van der Waals surface area contributed by atoms with Gasteiger partial charge in [0.2, 0.25) is 0 Å². The minimum atomic E-state index is -0.758. The Hall–Kier alpha value is -1.14. The molecule has 1 saturated heterocycles. The van der Waals surface area contributed by atoms with Gasteiger partial charge in [0.15, 0.2) is 6.10 Å². The van der Waals surface area contributed by atoms with Gasteiger partial charge in [-0.15, -0.1) is 0 Å². The number of ether oxygens (including phenoxy) is 3. The number of methoxy groups -OCH3 is 2. The van der Waals surface area contributed by atoms with Crippen molar-refractivity contribution in [2.75, 3.05) is 20.8 Å². The molecule has 0 aliphatic carbocycles. The highest BCUT2D eigenvalue weighted by molar-refractivity contribution is 5.78. The average Bonchev–Trinajstić information content (AvgIpc) is 2.36. The minimum absolute atomic E-state index is 0.230. The number of hydrogen-bond acceptors (Lipinski definition) is 6. The zero-order valence-corrected chi connectivity index (χ0v) is 10.4. The van der Waals surface area contributed by atoms with Crippen LogP contribution in [0.2, 0.25) is 0 Å². The Morgan fingerprint density at radius 2 is 1.94 bits per heavy atom. The summed E-state index contributed by atoms with van der Waals surface area (Å²) in [5.41, 5.74) is 4.92. The fraction of sp³-hybridized carbons (Fsp3) is 0.818. The third-order valence-electron chi connectivity index (χ3n) is 3.03. The molecule has 0 aromatic rings. The highest BCUT2D eigenvalue weighted by Crippen LogP contribution is 2.33. The summed E-state index contributed by atoms with van der Waals surface area (Å²) in [6.07, 6.45) is -0.0371. The SMILES string of the molecule is COC(=O)C1CC(C(=O)OC)OC(C)(CN)C1. The molecule has 6 heteroatoms. The average molecular weight is 245 g/mol. The quantitative estimate of drug-likeness (QED) is 0.695. The summed E-state index contributed by atoms with van der Waals surface area (Å²) in [6, 6.07) is 0. The van der Waals surface area contributed by atoms with E-state index in [1.807, 2.05) is 0 Å². The Kier molecular flexibility index (Phi) is 4.47. The second-order valence-corrected chi connectivity index (χ2v) is 4.44. The first kappa shape index (κ1) is 13.9. The van der Waals surface area contributed by atoms with Crippen molar-refractivity contribution >= 4 is 11.9 Å². The first-order valence-corrected chi connectivity index (χ1v) is 5.49. The monoisotopic (exact) mass is 245 g/mol. The van der Waals surface area contributed by atoms with Crippen molar-refractivity contribution in [2.24, 2.45) is 11.7 Å². The van der Waals surface area contributed by atoms with Crippen LogP contribution in [0.15, 0.2) is 0 Å². The van der Waals surface area contributed by atoms with Crippen LogP contribution in [0.4, 0.5) is 0 Å². The van der Waals surface area contributed by atoms with Gasteiger partial charge in [0.1, 0.15) is 0 Å². The molecular formula is C11H19NO5. The zero-order valence-electron chi connectivity index (χ0n) is 10.4. The maximum atomic E-state index is 11.6. The Bertz CT molecular complexity index is 280. The van der Waals surface area contributed by atoms with Gasteiger partial charge in [0, 0.05) is 6.54 Å². The molecule has 1 aliphatic heterocycles. The molecule has 1 rings (SSSR count). The summed E-state index contributed by atoms with van der Waals surface area (Å²) in [7, 11) is 2.61. The Morgan fingerprint density at radius 1 is 1.35 bits per heavy atom. The van der Waals surface area contributed by atoms with Crippen LogP contribution in [0.1, 0.15) is 19.8 Å². The second kappa shape index (κ2) is 5.46. The van der Waals surface area contributed by atoms with Gasteiger partial charge < -0.3 is 19.9 Å². The molecule has 0 spiro atoms. The number of hydrogen-bond donors (Lipinski definition) is 1. The van der Waals surface area contributed by atoms with Crippen LogP contribution in [0.3, 0.4) is 0 Å². The molecule has 0 aromatic heterocycles. The fourth-order valence-electron chi connectivity index (χ4n) is 2.06. The van der Waals surface area contributed by atoms with Gasteiger partial charge in [-0.05, 0) is 19.8 Å². The van der Waals surface area contributed by atoms with Crippen LogP contribution >= 0.6 is 0 Å². The summed E-state index contributed by atoms with van der Waals surface area (Å²) in [4.78, 5) is 23.0. The van der Waals surface area contributed by atoms with Crippen LogP contribution in [0.25, 0.3) is 0 Å². The van der Waals surface area contributed by atoms with E-state index in [0.717, 1.165) is 0 Å². The van der Waals surface area contributed by atoms with Gasteiger partial charge in [0.25, 0.3) is 0 Å². The third kappa shape index (κ3) is 3.17. The first-order valence-electron chi connectivity index (χ1n) is 5.49. The predicted octanol–water partition coefficient (Wildman–Crippen LogP) is -0.155. The van der Waals surface area contributed by atoms with Crippen molar-refractivity contribution in [3.05, 3.63) is 0 Å². The molecule has 0 amide bonds. The van der Waals surface area contributed by atoms with E-state index in [0.29, 0.717) is 6.42 Å². The summed E-state index contributed by atoms with van der Waals surface area (Å²) in [5.74, 6) is -1.22.